The molecule has 0 aromatic carbocycles. The van der Waals surface area contributed by atoms with Crippen LogP contribution in [-0.4, -0.2) is 106 Å². The number of nitrogens with zero attached hydrogens (tertiary/aromatic N) is 3. The molecule has 4 aliphatic rings. The van der Waals surface area contributed by atoms with E-state index in [1.54, 1.807) is 14.0 Å². The average Bonchev–Trinajstić information content (AvgIpc) is 3.43. The topological polar surface area (TPSA) is 117 Å². The lowest BCUT2D eigenvalue weighted by atomic mass is 9.65. The number of ether oxygens (including phenoxy) is 1. The van der Waals surface area contributed by atoms with Crippen LogP contribution in [0.5, 0.6) is 0 Å². The first-order chi connectivity index (χ1) is 22.5. The Morgan fingerprint density at radius 1 is 1.02 bits per heavy atom. The molecule has 48 heavy (non-hydrogen) atoms. The SMILES string of the molecule is CC1CCCC(C)(C)C1.CCC1CON(CC2CCCC(C3CC(CN(C)C(C)=O)CC(N(C)C)C3)C2OC)[C@@H]1C(N)=O.CNC(C)=O. The molecule has 0 aromatic heterocycles. The van der Waals surface area contributed by atoms with Crippen LogP contribution in [0.3, 0.4) is 0 Å². The quantitative estimate of drug-likeness (QED) is 0.338. The highest BCUT2D eigenvalue weighted by atomic mass is 16.7. The Labute approximate surface area is 293 Å². The number of hydroxylamine groups is 2. The molecule has 280 valence electrons. The van der Waals surface area contributed by atoms with Gasteiger partial charge in [-0.05, 0) is 94.5 Å². The summed E-state index contributed by atoms with van der Waals surface area (Å²) >= 11 is 0. The van der Waals surface area contributed by atoms with Crippen LogP contribution in [-0.2, 0) is 24.0 Å². The van der Waals surface area contributed by atoms with E-state index in [9.17, 15) is 14.4 Å². The summed E-state index contributed by atoms with van der Waals surface area (Å²) in [5.74, 6) is 2.86. The van der Waals surface area contributed by atoms with Crippen LogP contribution in [0.1, 0.15) is 112 Å². The van der Waals surface area contributed by atoms with Gasteiger partial charge >= 0.3 is 0 Å². The molecule has 0 spiro atoms. The number of nitrogens with two attached hydrogens (primary N) is 1. The van der Waals surface area contributed by atoms with E-state index in [4.69, 9.17) is 15.3 Å². The Bertz CT molecular complexity index is 993. The van der Waals surface area contributed by atoms with Gasteiger partial charge in [0.2, 0.25) is 17.7 Å². The molecule has 4 rings (SSSR count). The van der Waals surface area contributed by atoms with Gasteiger partial charge in [0, 0.05) is 66.0 Å². The fraction of sp³-hybridized carbons (Fsp3) is 0.921. The van der Waals surface area contributed by atoms with Crippen molar-refractivity contribution in [3.8, 4) is 0 Å². The summed E-state index contributed by atoms with van der Waals surface area (Å²) in [5, 5.41) is 4.25. The summed E-state index contributed by atoms with van der Waals surface area (Å²) in [6, 6.07) is 0.177. The van der Waals surface area contributed by atoms with Crippen molar-refractivity contribution in [2.45, 2.75) is 130 Å². The minimum Gasteiger partial charge on any atom is -0.381 e. The van der Waals surface area contributed by atoms with Crippen LogP contribution in [0.2, 0.25) is 0 Å². The first-order valence-corrected chi connectivity index (χ1v) is 18.8. The second-order valence-corrected chi connectivity index (χ2v) is 16.5. The molecule has 9 atom stereocenters. The van der Waals surface area contributed by atoms with Crippen LogP contribution >= 0.6 is 0 Å². The van der Waals surface area contributed by atoms with Crippen molar-refractivity contribution in [2.24, 2.45) is 46.7 Å². The number of hydrogen-bond acceptors (Lipinski definition) is 7. The number of primary amides is 1. The average molecular weight is 680 g/mol. The molecule has 10 heteroatoms. The highest BCUT2D eigenvalue weighted by molar-refractivity contribution is 5.80. The molecular formula is C38H73N5O5. The largest absolute Gasteiger partial charge is 0.381 e. The van der Waals surface area contributed by atoms with E-state index in [1.165, 1.54) is 51.9 Å². The standard InChI is InChI=1S/C26H48N4O4.C9H18.C3H7NO/c1-7-19-16-34-30(24(19)26(27)32)15-20-9-8-10-23(25(20)33-6)21-11-18(14-29(5)17(2)31)12-22(13-21)28(3)4;1-8-5-4-6-9(2,3)7-8;1-3(5)4-2/h18-25H,7-16H2,1-6H3,(H2,27,32);8H,4-7H2,1-3H3;1-2H3,(H,4,5)/t18?,19?,20?,21?,22?,23?,24-,25?;;/m0../s1. The fourth-order valence-corrected chi connectivity index (χ4v) is 9.03. The second-order valence-electron chi connectivity index (χ2n) is 16.5. The van der Waals surface area contributed by atoms with Gasteiger partial charge in [-0.3, -0.25) is 19.2 Å². The van der Waals surface area contributed by atoms with E-state index in [0.29, 0.717) is 48.3 Å². The molecule has 0 aromatic rings. The Balaban J connectivity index is 0.000000473. The van der Waals surface area contributed by atoms with Crippen LogP contribution in [0.4, 0.5) is 0 Å². The third-order valence-electron chi connectivity index (χ3n) is 11.7. The summed E-state index contributed by atoms with van der Waals surface area (Å²) in [4.78, 5) is 44.0. The van der Waals surface area contributed by atoms with Crippen molar-refractivity contribution < 1.29 is 24.0 Å². The molecule has 3 amide bonds. The smallest absolute Gasteiger partial charge is 0.237 e. The molecule has 10 nitrogen and oxygen atoms in total. The van der Waals surface area contributed by atoms with Gasteiger partial charge in [-0.2, -0.15) is 5.06 Å². The summed E-state index contributed by atoms with van der Waals surface area (Å²) < 4.78 is 6.20. The zero-order valence-electron chi connectivity index (χ0n) is 32.6. The van der Waals surface area contributed by atoms with E-state index in [2.05, 4.69) is 52.0 Å². The number of methoxy groups -OCH3 is 1. The molecule has 1 heterocycles. The number of amides is 3. The maximum absolute atomic E-state index is 12.2. The third-order valence-corrected chi connectivity index (χ3v) is 11.7. The van der Waals surface area contributed by atoms with E-state index < -0.39 is 0 Å². The Kier molecular flexibility index (Phi) is 17.8. The lowest BCUT2D eigenvalue weighted by Gasteiger charge is -2.47. The summed E-state index contributed by atoms with van der Waals surface area (Å²) in [6.07, 6.45) is 13.7. The molecule has 0 bridgehead atoms. The first kappa shape index (κ1) is 42.4. The van der Waals surface area contributed by atoms with Crippen molar-refractivity contribution in [1.29, 1.82) is 0 Å². The lowest BCUT2D eigenvalue weighted by molar-refractivity contribution is -0.167. The highest BCUT2D eigenvalue weighted by Gasteiger charge is 2.45. The van der Waals surface area contributed by atoms with Gasteiger partial charge in [0.05, 0.1) is 12.7 Å². The van der Waals surface area contributed by atoms with Crippen molar-refractivity contribution in [3.63, 3.8) is 0 Å². The molecule has 3 N–H and O–H groups in total. The number of carbonyl (C=O) groups excluding carboxylic acids is 3. The van der Waals surface area contributed by atoms with E-state index in [0.717, 1.165) is 38.1 Å². The second kappa shape index (κ2) is 20.2. The molecule has 3 saturated carbocycles. The zero-order chi connectivity index (χ0) is 36.2. The summed E-state index contributed by atoms with van der Waals surface area (Å²) in [5.41, 5.74) is 6.42. The van der Waals surface area contributed by atoms with E-state index in [-0.39, 0.29) is 35.8 Å². The van der Waals surface area contributed by atoms with Gasteiger partial charge < -0.3 is 25.6 Å². The monoisotopic (exact) mass is 680 g/mol. The number of hydrogen-bond donors (Lipinski definition) is 2. The van der Waals surface area contributed by atoms with E-state index in [1.807, 2.05) is 24.1 Å². The van der Waals surface area contributed by atoms with E-state index >= 15 is 0 Å². The maximum atomic E-state index is 12.2. The zero-order valence-corrected chi connectivity index (χ0v) is 32.6. The highest BCUT2D eigenvalue weighted by Crippen LogP contribution is 2.45. The lowest BCUT2D eigenvalue weighted by Crippen LogP contribution is -2.50. The van der Waals surface area contributed by atoms with Crippen LogP contribution in [0.25, 0.3) is 0 Å². The number of rotatable bonds is 9. The van der Waals surface area contributed by atoms with Crippen molar-refractivity contribution in [3.05, 3.63) is 0 Å². The molecule has 0 radical (unpaired) electrons. The maximum Gasteiger partial charge on any atom is 0.237 e. The molecule has 4 fully saturated rings. The Morgan fingerprint density at radius 2 is 1.69 bits per heavy atom. The van der Waals surface area contributed by atoms with Crippen LogP contribution in [0, 0.1) is 40.9 Å². The van der Waals surface area contributed by atoms with Gasteiger partial charge in [0.15, 0.2) is 0 Å². The third kappa shape index (κ3) is 13.2. The molecule has 1 aliphatic heterocycles. The summed E-state index contributed by atoms with van der Waals surface area (Å²) in [7, 11) is 9.71. The molecule has 3 aliphatic carbocycles. The predicted molar refractivity (Wildman–Crippen MR) is 194 cm³/mol. The number of nitrogens with one attached hydrogen (secondary N) is 1. The normalized spacial score (nSPS) is 33.5. The van der Waals surface area contributed by atoms with Gasteiger partial charge in [0.1, 0.15) is 6.04 Å². The molecule has 8 unspecified atom stereocenters. The van der Waals surface area contributed by atoms with Crippen LogP contribution < -0.4 is 11.1 Å². The molecule has 1 saturated heterocycles. The van der Waals surface area contributed by atoms with Crippen molar-refractivity contribution in [1.82, 2.24) is 20.2 Å². The summed E-state index contributed by atoms with van der Waals surface area (Å²) in [6.45, 7) is 14.5. The van der Waals surface area contributed by atoms with Crippen molar-refractivity contribution in [2.75, 3.05) is 55.0 Å². The van der Waals surface area contributed by atoms with Gasteiger partial charge in [-0.1, -0.05) is 47.0 Å². The Hall–Kier alpha value is -1.75. The van der Waals surface area contributed by atoms with Crippen LogP contribution in [0.15, 0.2) is 0 Å². The molecular weight excluding hydrogens is 606 g/mol. The van der Waals surface area contributed by atoms with Gasteiger partial charge in [-0.15, -0.1) is 0 Å². The first-order valence-electron chi connectivity index (χ1n) is 18.8. The number of carbonyl (C=O) groups is 3. The van der Waals surface area contributed by atoms with Crippen molar-refractivity contribution >= 4 is 17.7 Å². The Morgan fingerprint density at radius 3 is 2.17 bits per heavy atom. The fourth-order valence-electron chi connectivity index (χ4n) is 9.03. The predicted octanol–water partition coefficient (Wildman–Crippen LogP) is 5.34. The minimum atomic E-state index is -0.345. The van der Waals surface area contributed by atoms with Gasteiger partial charge in [-0.25, -0.2) is 0 Å². The van der Waals surface area contributed by atoms with Gasteiger partial charge in [0.25, 0.3) is 0 Å². The minimum absolute atomic E-state index is 0.00463.